The van der Waals surface area contributed by atoms with Crippen molar-refractivity contribution in [1.29, 1.82) is 0 Å². The Morgan fingerprint density at radius 1 is 1.38 bits per heavy atom. The average Bonchev–Trinajstić information content (AvgIpc) is 3.03. The number of likely N-dealkylation sites (N-methyl/N-ethyl adjacent to an activating group) is 1. The van der Waals surface area contributed by atoms with Crippen molar-refractivity contribution in [1.82, 2.24) is 15.1 Å². The number of nitrogens with zero attached hydrogens (tertiary/aromatic N) is 2. The molecule has 0 saturated carbocycles. The summed E-state index contributed by atoms with van der Waals surface area (Å²) in [7, 11) is 0. The van der Waals surface area contributed by atoms with Crippen LogP contribution in [-0.4, -0.2) is 16.3 Å². The van der Waals surface area contributed by atoms with Gasteiger partial charge in [0, 0.05) is 13.0 Å². The van der Waals surface area contributed by atoms with E-state index in [1.54, 1.807) is 0 Å². The molecule has 2 aromatic heterocycles. The molecule has 0 fully saturated rings. The summed E-state index contributed by atoms with van der Waals surface area (Å²) in [6.07, 6.45) is 1.60. The van der Waals surface area contributed by atoms with Crippen LogP contribution < -0.4 is 5.32 Å². The van der Waals surface area contributed by atoms with E-state index in [2.05, 4.69) is 47.1 Å². The molecule has 1 N–H and O–H groups in total. The average molecular weight is 375 g/mol. The SMILES string of the molecule is CCNC(Cc1c(Cl)c(CC)nn1CC)c1ccc(Br)o1. The number of furan rings is 1. The van der Waals surface area contributed by atoms with E-state index >= 15 is 0 Å². The van der Waals surface area contributed by atoms with Crippen molar-refractivity contribution < 1.29 is 4.42 Å². The van der Waals surface area contributed by atoms with Gasteiger partial charge in [-0.15, -0.1) is 0 Å². The largest absolute Gasteiger partial charge is 0.453 e. The normalized spacial score (nSPS) is 12.8. The molecule has 21 heavy (non-hydrogen) atoms. The van der Waals surface area contributed by atoms with Crippen LogP contribution in [0.5, 0.6) is 0 Å². The van der Waals surface area contributed by atoms with Crippen molar-refractivity contribution in [2.45, 2.75) is 46.2 Å². The molecule has 0 amide bonds. The Balaban J connectivity index is 2.30. The molecule has 2 aromatic rings. The van der Waals surface area contributed by atoms with E-state index < -0.39 is 0 Å². The predicted octanol–water partition coefficient (Wildman–Crippen LogP) is 4.37. The summed E-state index contributed by atoms with van der Waals surface area (Å²) < 4.78 is 8.43. The summed E-state index contributed by atoms with van der Waals surface area (Å²) in [5.74, 6) is 0.904. The van der Waals surface area contributed by atoms with Gasteiger partial charge in [0.1, 0.15) is 5.76 Å². The van der Waals surface area contributed by atoms with E-state index in [0.717, 1.165) is 52.8 Å². The fraction of sp³-hybridized carbons (Fsp3) is 0.533. The summed E-state index contributed by atoms with van der Waals surface area (Å²) in [5.41, 5.74) is 2.03. The minimum absolute atomic E-state index is 0.0884. The Bertz CT molecular complexity index is 594. The third-order valence-electron chi connectivity index (χ3n) is 3.48. The molecule has 4 nitrogen and oxygen atoms in total. The van der Waals surface area contributed by atoms with Gasteiger partial charge in [-0.05, 0) is 48.0 Å². The summed E-state index contributed by atoms with van der Waals surface area (Å²) in [5, 5.41) is 8.81. The van der Waals surface area contributed by atoms with Crippen molar-refractivity contribution in [2.24, 2.45) is 0 Å². The van der Waals surface area contributed by atoms with E-state index in [9.17, 15) is 0 Å². The number of hydrogen-bond acceptors (Lipinski definition) is 3. The summed E-state index contributed by atoms with van der Waals surface area (Å²) in [4.78, 5) is 0. The van der Waals surface area contributed by atoms with Crippen LogP contribution in [0.2, 0.25) is 5.02 Å². The van der Waals surface area contributed by atoms with Crippen molar-refractivity contribution >= 4 is 27.5 Å². The lowest BCUT2D eigenvalue weighted by Crippen LogP contribution is -2.23. The van der Waals surface area contributed by atoms with Crippen LogP contribution >= 0.6 is 27.5 Å². The summed E-state index contributed by atoms with van der Waals surface area (Å²) in [6.45, 7) is 7.92. The van der Waals surface area contributed by atoms with E-state index in [-0.39, 0.29) is 6.04 Å². The Kier molecular flexibility index (Phi) is 5.90. The number of hydrogen-bond donors (Lipinski definition) is 1. The highest BCUT2D eigenvalue weighted by molar-refractivity contribution is 9.10. The van der Waals surface area contributed by atoms with Crippen LogP contribution in [0.4, 0.5) is 0 Å². The lowest BCUT2D eigenvalue weighted by atomic mass is 10.1. The maximum atomic E-state index is 6.49. The van der Waals surface area contributed by atoms with Gasteiger partial charge < -0.3 is 9.73 Å². The second kappa shape index (κ2) is 7.47. The molecule has 2 heterocycles. The molecular formula is C15H21BrClN3O. The number of aromatic nitrogens is 2. The molecule has 0 aromatic carbocycles. The van der Waals surface area contributed by atoms with Crippen LogP contribution in [-0.2, 0) is 19.4 Å². The standard InChI is InChI=1S/C15H21BrClN3O/c1-4-10-15(17)12(20(6-3)19-10)9-11(18-5-2)13-7-8-14(16)21-13/h7-8,11,18H,4-6,9H2,1-3H3. The second-order valence-electron chi connectivity index (χ2n) is 4.83. The second-order valence-corrected chi connectivity index (χ2v) is 5.99. The molecule has 0 aliphatic rings. The first-order valence-electron chi connectivity index (χ1n) is 7.33. The number of aryl methyl sites for hydroxylation is 2. The molecule has 0 bridgehead atoms. The highest BCUT2D eigenvalue weighted by Gasteiger charge is 2.21. The topological polar surface area (TPSA) is 43.0 Å². The third-order valence-corrected chi connectivity index (χ3v) is 4.34. The van der Waals surface area contributed by atoms with Crippen molar-refractivity contribution in [3.05, 3.63) is 39.0 Å². The minimum atomic E-state index is 0.0884. The van der Waals surface area contributed by atoms with Crippen LogP contribution in [0.1, 0.15) is 44.0 Å². The van der Waals surface area contributed by atoms with E-state index in [0.29, 0.717) is 0 Å². The molecule has 0 aliphatic heterocycles. The van der Waals surface area contributed by atoms with Crippen LogP contribution in [0, 0.1) is 0 Å². The van der Waals surface area contributed by atoms with Gasteiger partial charge in [0.25, 0.3) is 0 Å². The van der Waals surface area contributed by atoms with Gasteiger partial charge in [-0.25, -0.2) is 0 Å². The molecule has 116 valence electrons. The monoisotopic (exact) mass is 373 g/mol. The van der Waals surface area contributed by atoms with Crippen molar-refractivity contribution in [2.75, 3.05) is 6.54 Å². The minimum Gasteiger partial charge on any atom is -0.453 e. The number of nitrogens with one attached hydrogen (secondary N) is 1. The molecular weight excluding hydrogens is 354 g/mol. The Labute approximate surface area is 139 Å². The molecule has 0 spiro atoms. The van der Waals surface area contributed by atoms with Gasteiger partial charge in [0.15, 0.2) is 4.67 Å². The van der Waals surface area contributed by atoms with Gasteiger partial charge in [-0.2, -0.15) is 5.10 Å². The van der Waals surface area contributed by atoms with Crippen LogP contribution in [0.25, 0.3) is 0 Å². The van der Waals surface area contributed by atoms with Gasteiger partial charge in [0.05, 0.1) is 22.5 Å². The van der Waals surface area contributed by atoms with Gasteiger partial charge in [-0.1, -0.05) is 25.4 Å². The molecule has 0 aliphatic carbocycles. The van der Waals surface area contributed by atoms with E-state index in [4.69, 9.17) is 16.0 Å². The smallest absolute Gasteiger partial charge is 0.169 e. The van der Waals surface area contributed by atoms with Gasteiger partial charge >= 0.3 is 0 Å². The Hall–Kier alpha value is -0.780. The lowest BCUT2D eigenvalue weighted by Gasteiger charge is -2.16. The first-order chi connectivity index (χ1) is 10.1. The third kappa shape index (κ3) is 3.71. The maximum Gasteiger partial charge on any atom is 0.169 e. The molecule has 2 rings (SSSR count). The van der Waals surface area contributed by atoms with Crippen LogP contribution in [0.15, 0.2) is 21.2 Å². The van der Waals surface area contributed by atoms with Gasteiger partial charge in [0.2, 0.25) is 0 Å². The first-order valence-corrected chi connectivity index (χ1v) is 8.50. The quantitative estimate of drug-likeness (QED) is 0.782. The predicted molar refractivity (Wildman–Crippen MR) is 88.8 cm³/mol. The highest BCUT2D eigenvalue weighted by atomic mass is 79.9. The fourth-order valence-electron chi connectivity index (χ4n) is 2.44. The van der Waals surface area contributed by atoms with Gasteiger partial charge in [-0.3, -0.25) is 4.68 Å². The Morgan fingerprint density at radius 3 is 2.67 bits per heavy atom. The van der Waals surface area contributed by atoms with Crippen LogP contribution in [0.3, 0.4) is 0 Å². The molecule has 6 heteroatoms. The molecule has 1 unspecified atom stereocenters. The fourth-order valence-corrected chi connectivity index (χ4v) is 3.11. The van der Waals surface area contributed by atoms with E-state index in [1.807, 2.05) is 16.8 Å². The zero-order valence-corrected chi connectivity index (χ0v) is 15.0. The first kappa shape index (κ1) is 16.6. The number of rotatable bonds is 7. The highest BCUT2D eigenvalue weighted by Crippen LogP contribution is 2.28. The lowest BCUT2D eigenvalue weighted by molar-refractivity contribution is 0.398. The number of halogens is 2. The van der Waals surface area contributed by atoms with E-state index in [1.165, 1.54) is 0 Å². The maximum absolute atomic E-state index is 6.49. The Morgan fingerprint density at radius 2 is 2.14 bits per heavy atom. The zero-order chi connectivity index (χ0) is 15.4. The molecule has 1 atom stereocenters. The van der Waals surface area contributed by atoms with Crippen molar-refractivity contribution in [3.63, 3.8) is 0 Å². The zero-order valence-electron chi connectivity index (χ0n) is 12.6. The summed E-state index contributed by atoms with van der Waals surface area (Å²) >= 11 is 9.85. The van der Waals surface area contributed by atoms with Crippen molar-refractivity contribution in [3.8, 4) is 0 Å². The summed E-state index contributed by atoms with van der Waals surface area (Å²) in [6, 6.07) is 3.99. The molecule has 0 radical (unpaired) electrons. The molecule has 0 saturated heterocycles.